The molecule has 6 heteroatoms. The van der Waals surface area contributed by atoms with Gasteiger partial charge in [-0.3, -0.25) is 14.4 Å². The summed E-state index contributed by atoms with van der Waals surface area (Å²) in [5, 5.41) is 4.93. The van der Waals surface area contributed by atoms with Gasteiger partial charge < -0.3 is 4.98 Å². The Morgan fingerprint density at radius 1 is 1.20 bits per heavy atom. The number of benzene rings is 1. The Hall–Kier alpha value is -2.47. The van der Waals surface area contributed by atoms with Gasteiger partial charge in [0.25, 0.3) is 5.56 Å². The van der Waals surface area contributed by atoms with Crippen LogP contribution in [-0.4, -0.2) is 37.7 Å². The lowest BCUT2D eigenvalue weighted by Gasteiger charge is -2.35. The number of hydrogen-bond donors (Lipinski definition) is 1. The lowest BCUT2D eigenvalue weighted by atomic mass is 9.92. The largest absolute Gasteiger partial charge is 0.309 e. The van der Waals surface area contributed by atoms with Crippen molar-refractivity contribution in [2.24, 2.45) is 7.05 Å². The monoisotopic (exact) mass is 337 g/mol. The van der Waals surface area contributed by atoms with E-state index in [1.807, 2.05) is 42.2 Å². The third-order valence-corrected chi connectivity index (χ3v) is 5.38. The topological polar surface area (TPSA) is 66.8 Å². The summed E-state index contributed by atoms with van der Waals surface area (Å²) < 4.78 is 1.98. The number of piperidine rings is 1. The molecule has 1 aliphatic heterocycles. The first-order valence-electron chi connectivity index (χ1n) is 8.84. The fourth-order valence-electron chi connectivity index (χ4n) is 3.84. The number of nitrogens with one attached hydrogen (secondary N) is 1. The summed E-state index contributed by atoms with van der Waals surface area (Å²) in [5.41, 5.74) is 2.01. The summed E-state index contributed by atoms with van der Waals surface area (Å²) >= 11 is 0. The van der Waals surface area contributed by atoms with Crippen LogP contribution in [0.5, 0.6) is 0 Å². The summed E-state index contributed by atoms with van der Waals surface area (Å²) in [5.74, 6) is 1.31. The van der Waals surface area contributed by atoms with Gasteiger partial charge in [0.1, 0.15) is 5.82 Å². The van der Waals surface area contributed by atoms with E-state index in [0.717, 1.165) is 37.3 Å². The van der Waals surface area contributed by atoms with Gasteiger partial charge in [-0.15, -0.1) is 0 Å². The smallest absolute Gasteiger partial charge is 0.258 e. The van der Waals surface area contributed by atoms with Crippen molar-refractivity contribution in [3.05, 3.63) is 58.4 Å². The van der Waals surface area contributed by atoms with Gasteiger partial charge in [-0.25, -0.2) is 4.98 Å². The normalized spacial score (nSPS) is 17.8. The molecule has 6 nitrogen and oxygen atoms in total. The van der Waals surface area contributed by atoms with Crippen LogP contribution in [0.25, 0.3) is 10.9 Å². The van der Waals surface area contributed by atoms with Crippen LogP contribution in [0.3, 0.4) is 0 Å². The van der Waals surface area contributed by atoms with Crippen LogP contribution in [-0.2, 0) is 7.05 Å². The Kier molecular flexibility index (Phi) is 4.13. The number of aromatic nitrogens is 4. The molecule has 0 amide bonds. The number of para-hydroxylation sites is 1. The van der Waals surface area contributed by atoms with E-state index in [2.05, 4.69) is 33.0 Å². The zero-order chi connectivity index (χ0) is 17.4. The molecule has 0 saturated carbocycles. The maximum absolute atomic E-state index is 12.3. The van der Waals surface area contributed by atoms with Crippen LogP contribution < -0.4 is 5.56 Å². The number of aryl methyl sites for hydroxylation is 1. The van der Waals surface area contributed by atoms with Crippen molar-refractivity contribution < 1.29 is 0 Å². The molecule has 2 aromatic heterocycles. The fraction of sp³-hybridized carbons (Fsp3) is 0.421. The van der Waals surface area contributed by atoms with Crippen molar-refractivity contribution in [1.29, 1.82) is 0 Å². The molecule has 1 fully saturated rings. The zero-order valence-electron chi connectivity index (χ0n) is 14.6. The molecule has 1 aliphatic rings. The van der Waals surface area contributed by atoms with Crippen LogP contribution >= 0.6 is 0 Å². The summed E-state index contributed by atoms with van der Waals surface area (Å²) in [6.45, 7) is 4.11. The highest BCUT2D eigenvalue weighted by molar-refractivity contribution is 5.77. The van der Waals surface area contributed by atoms with E-state index in [0.29, 0.717) is 11.3 Å². The quantitative estimate of drug-likeness (QED) is 0.798. The second-order valence-corrected chi connectivity index (χ2v) is 6.83. The summed E-state index contributed by atoms with van der Waals surface area (Å²) in [6.07, 6.45) is 4.07. The van der Waals surface area contributed by atoms with E-state index in [4.69, 9.17) is 0 Å². The van der Waals surface area contributed by atoms with Crippen LogP contribution in [0.2, 0.25) is 0 Å². The standard InChI is InChI=1S/C19H23N5O/c1-13(18-21-16-6-4-3-5-15(16)19(25)22-18)24-11-8-14(9-12-24)17-7-10-20-23(17)2/h3-7,10,13-14H,8-9,11-12H2,1-2H3,(H,21,22,25)/t13-/m0/s1. The van der Waals surface area contributed by atoms with Crippen molar-refractivity contribution in [2.45, 2.75) is 31.7 Å². The second-order valence-electron chi connectivity index (χ2n) is 6.83. The van der Waals surface area contributed by atoms with Crippen molar-refractivity contribution in [3.63, 3.8) is 0 Å². The van der Waals surface area contributed by atoms with E-state index in [9.17, 15) is 4.79 Å². The maximum Gasteiger partial charge on any atom is 0.258 e. The Morgan fingerprint density at radius 3 is 2.68 bits per heavy atom. The highest BCUT2D eigenvalue weighted by Gasteiger charge is 2.27. The van der Waals surface area contributed by atoms with Gasteiger partial charge in [0.05, 0.1) is 16.9 Å². The first kappa shape index (κ1) is 16.0. The van der Waals surface area contributed by atoms with Gasteiger partial charge in [0.15, 0.2) is 0 Å². The Bertz CT molecular complexity index is 936. The molecular weight excluding hydrogens is 314 g/mol. The Labute approximate surface area is 146 Å². The number of aromatic amines is 1. The Morgan fingerprint density at radius 2 is 1.96 bits per heavy atom. The van der Waals surface area contributed by atoms with E-state index < -0.39 is 0 Å². The van der Waals surface area contributed by atoms with E-state index >= 15 is 0 Å². The van der Waals surface area contributed by atoms with Gasteiger partial charge in [-0.2, -0.15) is 5.10 Å². The minimum atomic E-state index is -0.0581. The van der Waals surface area contributed by atoms with Crippen LogP contribution in [0.4, 0.5) is 0 Å². The van der Waals surface area contributed by atoms with Crippen LogP contribution in [0.1, 0.15) is 43.2 Å². The number of hydrogen-bond acceptors (Lipinski definition) is 4. The fourth-order valence-corrected chi connectivity index (χ4v) is 3.84. The molecule has 0 spiro atoms. The molecule has 1 atom stereocenters. The van der Waals surface area contributed by atoms with Gasteiger partial charge in [0, 0.05) is 24.9 Å². The number of likely N-dealkylation sites (tertiary alicyclic amines) is 1. The molecule has 1 N–H and O–H groups in total. The molecule has 130 valence electrons. The van der Waals surface area contributed by atoms with E-state index in [1.165, 1.54) is 5.69 Å². The summed E-state index contributed by atoms with van der Waals surface area (Å²) in [6, 6.07) is 9.72. The van der Waals surface area contributed by atoms with Gasteiger partial charge in [-0.1, -0.05) is 12.1 Å². The lowest BCUT2D eigenvalue weighted by Crippen LogP contribution is -2.36. The van der Waals surface area contributed by atoms with Crippen molar-refractivity contribution in [3.8, 4) is 0 Å². The molecule has 0 radical (unpaired) electrons. The molecule has 0 aliphatic carbocycles. The van der Waals surface area contributed by atoms with Crippen LogP contribution in [0.15, 0.2) is 41.3 Å². The van der Waals surface area contributed by atoms with E-state index in [-0.39, 0.29) is 11.6 Å². The minimum Gasteiger partial charge on any atom is -0.309 e. The number of nitrogens with zero attached hydrogens (tertiary/aromatic N) is 4. The third-order valence-electron chi connectivity index (χ3n) is 5.38. The lowest BCUT2D eigenvalue weighted by molar-refractivity contribution is 0.155. The SMILES string of the molecule is C[C@@H](c1nc2ccccc2c(=O)[nH]1)N1CCC(c2ccnn2C)CC1. The number of fused-ring (bicyclic) bond motifs is 1. The first-order chi connectivity index (χ1) is 12.1. The molecule has 4 rings (SSSR count). The highest BCUT2D eigenvalue weighted by atomic mass is 16.1. The molecule has 25 heavy (non-hydrogen) atoms. The molecule has 0 unspecified atom stereocenters. The Balaban J connectivity index is 1.52. The average Bonchev–Trinajstić information content (AvgIpc) is 3.07. The number of rotatable bonds is 3. The third kappa shape index (κ3) is 2.98. The predicted molar refractivity (Wildman–Crippen MR) is 97.5 cm³/mol. The van der Waals surface area contributed by atoms with Gasteiger partial charge in [-0.05, 0) is 51.1 Å². The molecule has 1 aromatic carbocycles. The number of H-pyrrole nitrogens is 1. The minimum absolute atomic E-state index is 0.0581. The second kappa shape index (κ2) is 6.44. The van der Waals surface area contributed by atoms with E-state index in [1.54, 1.807) is 0 Å². The van der Waals surface area contributed by atoms with Crippen molar-refractivity contribution in [1.82, 2.24) is 24.6 Å². The highest BCUT2D eigenvalue weighted by Crippen LogP contribution is 2.31. The zero-order valence-corrected chi connectivity index (χ0v) is 14.6. The molecule has 3 heterocycles. The maximum atomic E-state index is 12.3. The van der Waals surface area contributed by atoms with Crippen LogP contribution in [0, 0.1) is 0 Å². The predicted octanol–water partition coefficient (Wildman–Crippen LogP) is 2.60. The molecule has 0 bridgehead atoms. The molecule has 3 aromatic rings. The average molecular weight is 337 g/mol. The van der Waals surface area contributed by atoms with Crippen molar-refractivity contribution >= 4 is 10.9 Å². The summed E-state index contributed by atoms with van der Waals surface area (Å²) in [4.78, 5) is 22.4. The van der Waals surface area contributed by atoms with Crippen molar-refractivity contribution in [2.75, 3.05) is 13.1 Å². The molecule has 1 saturated heterocycles. The summed E-state index contributed by atoms with van der Waals surface area (Å²) in [7, 11) is 2.01. The first-order valence-corrected chi connectivity index (χ1v) is 8.84. The van der Waals surface area contributed by atoms with Gasteiger partial charge >= 0.3 is 0 Å². The van der Waals surface area contributed by atoms with Gasteiger partial charge in [0.2, 0.25) is 0 Å². The molecular formula is C19H23N5O.